The van der Waals surface area contributed by atoms with Gasteiger partial charge in [0.2, 0.25) is 0 Å². The summed E-state index contributed by atoms with van der Waals surface area (Å²) in [6.07, 6.45) is 0.964. The normalized spacial score (nSPS) is 12.3. The SMILES string of the molecule is COc1ccc(Br)cc1N(C)CCC(C)N. The van der Waals surface area contributed by atoms with Crippen LogP contribution in [-0.2, 0) is 0 Å². The summed E-state index contributed by atoms with van der Waals surface area (Å²) in [5.74, 6) is 0.885. The summed E-state index contributed by atoms with van der Waals surface area (Å²) in [6, 6.07) is 6.21. The molecule has 1 rings (SSSR count). The molecule has 0 spiro atoms. The highest BCUT2D eigenvalue weighted by molar-refractivity contribution is 9.10. The Morgan fingerprint density at radius 1 is 1.50 bits per heavy atom. The van der Waals surface area contributed by atoms with Crippen molar-refractivity contribution in [3.63, 3.8) is 0 Å². The molecule has 0 aliphatic heterocycles. The first-order valence-corrected chi connectivity index (χ1v) is 6.14. The summed E-state index contributed by atoms with van der Waals surface area (Å²) in [5, 5.41) is 0. The molecule has 0 aromatic heterocycles. The standard InChI is InChI=1S/C12H19BrN2O/c1-9(14)6-7-15(2)11-8-10(13)4-5-12(11)16-3/h4-5,8-9H,6-7,14H2,1-3H3. The van der Waals surface area contributed by atoms with Crippen molar-refractivity contribution in [1.29, 1.82) is 0 Å². The number of anilines is 1. The Bertz CT molecular complexity index is 342. The number of rotatable bonds is 5. The number of ether oxygens (including phenoxy) is 1. The molecule has 1 atom stereocenters. The molecule has 0 radical (unpaired) electrons. The highest BCUT2D eigenvalue weighted by Crippen LogP contribution is 2.30. The number of halogens is 1. The van der Waals surface area contributed by atoms with E-state index in [-0.39, 0.29) is 6.04 Å². The minimum Gasteiger partial charge on any atom is -0.495 e. The van der Waals surface area contributed by atoms with E-state index >= 15 is 0 Å². The van der Waals surface area contributed by atoms with E-state index in [0.29, 0.717) is 0 Å². The van der Waals surface area contributed by atoms with Gasteiger partial charge in [0, 0.05) is 24.1 Å². The molecular formula is C12H19BrN2O. The zero-order chi connectivity index (χ0) is 12.1. The van der Waals surface area contributed by atoms with E-state index in [9.17, 15) is 0 Å². The average molecular weight is 287 g/mol. The molecule has 0 amide bonds. The van der Waals surface area contributed by atoms with Gasteiger partial charge in [0.25, 0.3) is 0 Å². The van der Waals surface area contributed by atoms with E-state index in [1.165, 1.54) is 0 Å². The van der Waals surface area contributed by atoms with Gasteiger partial charge in [-0.3, -0.25) is 0 Å². The zero-order valence-corrected chi connectivity index (χ0v) is 11.6. The summed E-state index contributed by atoms with van der Waals surface area (Å²) in [7, 11) is 3.73. The largest absolute Gasteiger partial charge is 0.495 e. The predicted octanol–water partition coefficient (Wildman–Crippen LogP) is 2.63. The predicted molar refractivity (Wildman–Crippen MR) is 72.2 cm³/mol. The Morgan fingerprint density at radius 2 is 2.19 bits per heavy atom. The quantitative estimate of drug-likeness (QED) is 0.904. The van der Waals surface area contributed by atoms with Crippen LogP contribution in [0, 0.1) is 0 Å². The number of nitrogens with zero attached hydrogens (tertiary/aromatic N) is 1. The van der Waals surface area contributed by atoms with Crippen LogP contribution in [0.2, 0.25) is 0 Å². The Balaban J connectivity index is 2.80. The molecule has 0 aliphatic carbocycles. The van der Waals surface area contributed by atoms with Crippen LogP contribution in [0.3, 0.4) is 0 Å². The van der Waals surface area contributed by atoms with Crippen molar-refractivity contribution in [1.82, 2.24) is 0 Å². The molecule has 90 valence electrons. The molecule has 1 aromatic rings. The van der Waals surface area contributed by atoms with Gasteiger partial charge in [-0.15, -0.1) is 0 Å². The van der Waals surface area contributed by atoms with Gasteiger partial charge in [-0.2, -0.15) is 0 Å². The Kier molecular flexibility index (Phi) is 5.09. The number of hydrogen-bond donors (Lipinski definition) is 1. The van der Waals surface area contributed by atoms with Gasteiger partial charge >= 0.3 is 0 Å². The molecule has 2 N–H and O–H groups in total. The highest BCUT2D eigenvalue weighted by Gasteiger charge is 2.09. The molecule has 0 bridgehead atoms. The van der Waals surface area contributed by atoms with Gasteiger partial charge in [-0.25, -0.2) is 0 Å². The number of methoxy groups -OCH3 is 1. The second kappa shape index (κ2) is 6.11. The Morgan fingerprint density at radius 3 is 2.75 bits per heavy atom. The van der Waals surface area contributed by atoms with Gasteiger partial charge in [0.15, 0.2) is 0 Å². The fraction of sp³-hybridized carbons (Fsp3) is 0.500. The van der Waals surface area contributed by atoms with E-state index in [1.807, 2.05) is 26.1 Å². The first kappa shape index (κ1) is 13.3. The maximum Gasteiger partial charge on any atom is 0.142 e. The second-order valence-corrected chi connectivity index (χ2v) is 4.92. The third-order valence-corrected chi connectivity index (χ3v) is 2.97. The topological polar surface area (TPSA) is 38.5 Å². The van der Waals surface area contributed by atoms with Crippen molar-refractivity contribution in [2.24, 2.45) is 5.73 Å². The fourth-order valence-corrected chi connectivity index (χ4v) is 1.83. The third-order valence-electron chi connectivity index (χ3n) is 2.47. The number of nitrogens with two attached hydrogens (primary N) is 1. The fourth-order valence-electron chi connectivity index (χ4n) is 1.48. The third kappa shape index (κ3) is 3.68. The van der Waals surface area contributed by atoms with Crippen molar-refractivity contribution >= 4 is 21.6 Å². The second-order valence-electron chi connectivity index (χ2n) is 4.00. The van der Waals surface area contributed by atoms with Gasteiger partial charge in [0.1, 0.15) is 5.75 Å². The van der Waals surface area contributed by atoms with Gasteiger partial charge in [-0.1, -0.05) is 15.9 Å². The maximum atomic E-state index is 5.75. The van der Waals surface area contributed by atoms with Gasteiger partial charge in [0.05, 0.1) is 12.8 Å². The number of benzene rings is 1. The van der Waals surface area contributed by atoms with Gasteiger partial charge in [-0.05, 0) is 31.5 Å². The van der Waals surface area contributed by atoms with E-state index in [1.54, 1.807) is 7.11 Å². The van der Waals surface area contributed by atoms with Crippen LogP contribution in [0.1, 0.15) is 13.3 Å². The number of hydrogen-bond acceptors (Lipinski definition) is 3. The van der Waals surface area contributed by atoms with Crippen LogP contribution < -0.4 is 15.4 Å². The molecule has 1 unspecified atom stereocenters. The van der Waals surface area contributed by atoms with Crippen LogP contribution in [0.25, 0.3) is 0 Å². The van der Waals surface area contributed by atoms with Crippen LogP contribution >= 0.6 is 15.9 Å². The molecular weight excluding hydrogens is 268 g/mol. The lowest BCUT2D eigenvalue weighted by Gasteiger charge is -2.22. The summed E-state index contributed by atoms with van der Waals surface area (Å²) in [6.45, 7) is 2.94. The minimum atomic E-state index is 0.223. The molecule has 0 aliphatic rings. The van der Waals surface area contributed by atoms with E-state index in [4.69, 9.17) is 10.5 Å². The molecule has 0 fully saturated rings. The summed E-state index contributed by atoms with van der Waals surface area (Å²) in [5.41, 5.74) is 6.83. The van der Waals surface area contributed by atoms with Crippen molar-refractivity contribution < 1.29 is 4.74 Å². The molecule has 4 heteroatoms. The van der Waals surface area contributed by atoms with E-state index in [2.05, 4.69) is 26.9 Å². The van der Waals surface area contributed by atoms with Crippen molar-refractivity contribution in [3.8, 4) is 5.75 Å². The Labute approximate surface area is 106 Å². The molecule has 1 aromatic carbocycles. The lowest BCUT2D eigenvalue weighted by molar-refractivity contribution is 0.414. The van der Waals surface area contributed by atoms with Crippen LogP contribution in [0.4, 0.5) is 5.69 Å². The highest BCUT2D eigenvalue weighted by atomic mass is 79.9. The molecule has 0 saturated heterocycles. The van der Waals surface area contributed by atoms with E-state index < -0.39 is 0 Å². The van der Waals surface area contributed by atoms with Crippen LogP contribution in [0.5, 0.6) is 5.75 Å². The summed E-state index contributed by atoms with van der Waals surface area (Å²) < 4.78 is 6.39. The molecule has 0 heterocycles. The lowest BCUT2D eigenvalue weighted by Crippen LogP contribution is -2.26. The van der Waals surface area contributed by atoms with Crippen LogP contribution in [0.15, 0.2) is 22.7 Å². The van der Waals surface area contributed by atoms with Crippen molar-refractivity contribution in [2.75, 3.05) is 25.6 Å². The first-order chi connectivity index (χ1) is 7.54. The minimum absolute atomic E-state index is 0.223. The molecule has 3 nitrogen and oxygen atoms in total. The average Bonchev–Trinajstić information content (AvgIpc) is 2.25. The lowest BCUT2D eigenvalue weighted by atomic mass is 10.2. The molecule has 0 saturated carbocycles. The summed E-state index contributed by atoms with van der Waals surface area (Å²) >= 11 is 3.47. The van der Waals surface area contributed by atoms with Crippen LogP contribution in [-0.4, -0.2) is 26.7 Å². The van der Waals surface area contributed by atoms with Crippen molar-refractivity contribution in [3.05, 3.63) is 22.7 Å². The first-order valence-electron chi connectivity index (χ1n) is 5.35. The van der Waals surface area contributed by atoms with Gasteiger partial charge < -0.3 is 15.4 Å². The Hall–Kier alpha value is -0.740. The molecule has 16 heavy (non-hydrogen) atoms. The summed E-state index contributed by atoms with van der Waals surface area (Å²) in [4.78, 5) is 2.16. The van der Waals surface area contributed by atoms with E-state index in [0.717, 1.165) is 28.9 Å². The van der Waals surface area contributed by atoms with Crippen molar-refractivity contribution in [2.45, 2.75) is 19.4 Å². The maximum absolute atomic E-state index is 5.75. The zero-order valence-electron chi connectivity index (χ0n) is 10.0. The smallest absolute Gasteiger partial charge is 0.142 e. The monoisotopic (exact) mass is 286 g/mol.